The van der Waals surface area contributed by atoms with Crippen LogP contribution in [0, 0.1) is 5.41 Å². The molecule has 132 valence electrons. The van der Waals surface area contributed by atoms with Gasteiger partial charge in [-0.05, 0) is 50.4 Å². The van der Waals surface area contributed by atoms with Gasteiger partial charge in [-0.1, -0.05) is 11.6 Å². The second-order valence-corrected chi connectivity index (χ2v) is 8.39. The van der Waals surface area contributed by atoms with Crippen molar-refractivity contribution in [1.82, 2.24) is 19.7 Å². The summed E-state index contributed by atoms with van der Waals surface area (Å²) in [6.07, 6.45) is 11.5. The van der Waals surface area contributed by atoms with Gasteiger partial charge in [-0.15, -0.1) is 0 Å². The molecule has 0 radical (unpaired) electrons. The van der Waals surface area contributed by atoms with Gasteiger partial charge in [0.05, 0.1) is 23.1 Å². The third kappa shape index (κ3) is 2.81. The van der Waals surface area contributed by atoms with Crippen LogP contribution in [0.3, 0.4) is 0 Å². The average molecular weight is 359 g/mol. The van der Waals surface area contributed by atoms with E-state index in [2.05, 4.69) is 20.1 Å². The van der Waals surface area contributed by atoms with Gasteiger partial charge in [-0.2, -0.15) is 5.10 Å². The molecule has 1 aliphatic heterocycles. The van der Waals surface area contributed by atoms with E-state index in [0.29, 0.717) is 28.5 Å². The quantitative estimate of drug-likeness (QED) is 0.881. The van der Waals surface area contributed by atoms with Gasteiger partial charge in [0.25, 0.3) is 0 Å². The fourth-order valence-corrected chi connectivity index (χ4v) is 4.44. The van der Waals surface area contributed by atoms with Crippen LogP contribution in [-0.2, 0) is 13.0 Å². The van der Waals surface area contributed by atoms with Crippen LogP contribution in [0.15, 0.2) is 12.4 Å². The summed E-state index contributed by atoms with van der Waals surface area (Å²) in [6, 6.07) is 0.728. The highest BCUT2D eigenvalue weighted by atomic mass is 35.5. The van der Waals surface area contributed by atoms with Crippen LogP contribution in [0.25, 0.3) is 11.3 Å². The van der Waals surface area contributed by atoms with Crippen molar-refractivity contribution in [3.63, 3.8) is 0 Å². The predicted molar refractivity (Wildman–Crippen MR) is 97.5 cm³/mol. The first-order chi connectivity index (χ1) is 12.1. The number of hydrogen-bond acceptors (Lipinski definition) is 5. The van der Waals surface area contributed by atoms with Crippen LogP contribution in [0.4, 0.5) is 5.95 Å². The number of nitrogens with two attached hydrogens (primary N) is 1. The van der Waals surface area contributed by atoms with E-state index in [1.54, 1.807) is 6.20 Å². The Morgan fingerprint density at radius 1 is 1.20 bits per heavy atom. The number of aromatic nitrogens is 4. The molecule has 2 saturated carbocycles. The summed E-state index contributed by atoms with van der Waals surface area (Å²) in [5, 5.41) is 8.62. The van der Waals surface area contributed by atoms with Crippen molar-refractivity contribution < 1.29 is 0 Å². The molecule has 0 saturated heterocycles. The summed E-state index contributed by atoms with van der Waals surface area (Å²) in [4.78, 5) is 9.12. The summed E-state index contributed by atoms with van der Waals surface area (Å²) in [7, 11) is 0. The predicted octanol–water partition coefficient (Wildman–Crippen LogP) is 3.01. The molecule has 0 unspecified atom stereocenters. The summed E-state index contributed by atoms with van der Waals surface area (Å²) >= 11 is 6.43. The first-order valence-electron chi connectivity index (χ1n) is 9.22. The second-order valence-electron chi connectivity index (χ2n) is 7.99. The molecule has 0 amide bonds. The number of hydrogen-bond donors (Lipinski definition) is 2. The van der Waals surface area contributed by atoms with Gasteiger partial charge in [0.1, 0.15) is 0 Å². The Labute approximate surface area is 152 Å². The lowest BCUT2D eigenvalue weighted by Crippen LogP contribution is -2.33. The zero-order chi connectivity index (χ0) is 17.0. The minimum Gasteiger partial charge on any atom is -0.351 e. The van der Waals surface area contributed by atoms with Crippen LogP contribution >= 0.6 is 11.6 Å². The van der Waals surface area contributed by atoms with E-state index in [1.807, 2.05) is 6.20 Å². The number of rotatable bonds is 3. The summed E-state index contributed by atoms with van der Waals surface area (Å²) in [6.45, 7) is 1.04. The minimum atomic E-state index is 0.337. The lowest BCUT2D eigenvalue weighted by Gasteiger charge is -2.26. The molecule has 2 aromatic heterocycles. The molecule has 2 aliphatic carbocycles. The molecular formula is C18H23ClN6. The molecule has 0 atom stereocenters. The molecule has 0 aromatic carbocycles. The molecule has 7 heteroatoms. The highest BCUT2D eigenvalue weighted by Gasteiger charge is 2.48. The van der Waals surface area contributed by atoms with E-state index in [1.165, 1.54) is 18.5 Å². The molecular weight excluding hydrogens is 336 g/mol. The van der Waals surface area contributed by atoms with Crippen LogP contribution in [0.1, 0.15) is 44.2 Å². The van der Waals surface area contributed by atoms with Gasteiger partial charge in [0.15, 0.2) is 0 Å². The van der Waals surface area contributed by atoms with Crippen LogP contribution in [0.2, 0.25) is 5.02 Å². The van der Waals surface area contributed by atoms with Gasteiger partial charge in [-0.25, -0.2) is 9.97 Å². The number of nitrogens with zero attached hydrogens (tertiary/aromatic N) is 4. The normalized spacial score (nSPS) is 26.6. The maximum Gasteiger partial charge on any atom is 0.223 e. The van der Waals surface area contributed by atoms with Crippen LogP contribution in [0.5, 0.6) is 0 Å². The molecule has 25 heavy (non-hydrogen) atoms. The number of nitrogens with one attached hydrogen (secondary N) is 1. The Morgan fingerprint density at radius 2 is 2.00 bits per heavy atom. The summed E-state index contributed by atoms with van der Waals surface area (Å²) in [5.41, 5.74) is 9.59. The van der Waals surface area contributed by atoms with E-state index in [-0.39, 0.29) is 0 Å². The maximum atomic E-state index is 6.43. The highest BCUT2D eigenvalue weighted by Crippen LogP contribution is 2.54. The highest BCUT2D eigenvalue weighted by molar-refractivity contribution is 6.32. The Bertz CT molecular complexity index is 804. The number of fused-ring (bicyclic) bond motifs is 1. The Morgan fingerprint density at radius 3 is 2.76 bits per heavy atom. The van der Waals surface area contributed by atoms with Crippen molar-refractivity contribution in [1.29, 1.82) is 0 Å². The van der Waals surface area contributed by atoms with Gasteiger partial charge < -0.3 is 11.1 Å². The SMILES string of the molecule is NC1CCC(Nc2ncc(Cl)c(-c3cnn4c3CC3(CC3)C4)n2)CC1. The average Bonchev–Trinajstić information content (AvgIpc) is 3.10. The zero-order valence-corrected chi connectivity index (χ0v) is 15.0. The Hall–Kier alpha value is -1.66. The lowest BCUT2D eigenvalue weighted by molar-refractivity contribution is 0.410. The Kier molecular flexibility index (Phi) is 3.54. The summed E-state index contributed by atoms with van der Waals surface area (Å²) < 4.78 is 2.14. The molecule has 6 nitrogen and oxygen atoms in total. The van der Waals surface area contributed by atoms with E-state index in [4.69, 9.17) is 22.3 Å². The first kappa shape index (κ1) is 15.6. The molecule has 0 bridgehead atoms. The zero-order valence-electron chi connectivity index (χ0n) is 14.2. The lowest BCUT2D eigenvalue weighted by atomic mass is 9.92. The third-order valence-electron chi connectivity index (χ3n) is 6.04. The van der Waals surface area contributed by atoms with Crippen molar-refractivity contribution in [2.24, 2.45) is 11.1 Å². The fourth-order valence-electron chi connectivity index (χ4n) is 4.24. The van der Waals surface area contributed by atoms with Crippen molar-refractivity contribution in [3.8, 4) is 11.3 Å². The van der Waals surface area contributed by atoms with Gasteiger partial charge in [-0.3, -0.25) is 4.68 Å². The summed E-state index contributed by atoms with van der Waals surface area (Å²) in [5.74, 6) is 0.652. The molecule has 2 aromatic rings. The fraction of sp³-hybridized carbons (Fsp3) is 0.611. The van der Waals surface area contributed by atoms with Gasteiger partial charge >= 0.3 is 0 Å². The monoisotopic (exact) mass is 358 g/mol. The van der Waals surface area contributed by atoms with Crippen LogP contribution < -0.4 is 11.1 Å². The number of anilines is 1. The third-order valence-corrected chi connectivity index (χ3v) is 6.31. The van der Waals surface area contributed by atoms with E-state index < -0.39 is 0 Å². The van der Waals surface area contributed by atoms with Crippen molar-refractivity contribution in [3.05, 3.63) is 23.1 Å². The van der Waals surface area contributed by atoms with E-state index >= 15 is 0 Å². The molecule has 5 rings (SSSR count). The van der Waals surface area contributed by atoms with Gasteiger partial charge in [0.2, 0.25) is 5.95 Å². The van der Waals surface area contributed by atoms with Crippen molar-refractivity contribution in [2.45, 2.75) is 63.6 Å². The molecule has 2 fully saturated rings. The number of halogens is 1. The first-order valence-corrected chi connectivity index (χ1v) is 9.59. The molecule has 3 N–H and O–H groups in total. The standard InChI is InChI=1S/C18H23ClN6/c19-14-9-21-17(23-12-3-1-11(20)2-4-12)24-16(14)13-8-22-25-10-18(5-6-18)7-15(13)25/h8-9,11-12H,1-7,10,20H2,(H,21,23,24). The minimum absolute atomic E-state index is 0.337. The van der Waals surface area contributed by atoms with E-state index in [0.717, 1.165) is 49.9 Å². The largest absolute Gasteiger partial charge is 0.351 e. The molecule has 1 spiro atoms. The van der Waals surface area contributed by atoms with Gasteiger partial charge in [0, 0.05) is 29.9 Å². The van der Waals surface area contributed by atoms with Crippen molar-refractivity contribution >= 4 is 17.5 Å². The molecule has 3 aliphatic rings. The Balaban J connectivity index is 1.41. The second kappa shape index (κ2) is 5.68. The van der Waals surface area contributed by atoms with Crippen LogP contribution in [-0.4, -0.2) is 31.8 Å². The molecule has 3 heterocycles. The van der Waals surface area contributed by atoms with Crippen molar-refractivity contribution in [2.75, 3.05) is 5.32 Å². The smallest absolute Gasteiger partial charge is 0.223 e. The maximum absolute atomic E-state index is 6.43. The topological polar surface area (TPSA) is 81.6 Å². The van der Waals surface area contributed by atoms with E-state index in [9.17, 15) is 0 Å².